The van der Waals surface area contributed by atoms with Crippen LogP contribution in [-0.2, 0) is 4.79 Å². The van der Waals surface area contributed by atoms with Crippen LogP contribution in [0.1, 0.15) is 16.8 Å². The standard InChI is InChI=1S/C11H14ClN3O2/c1-13-10(16)4-6-15(2)11(17)8-3-5-14-7-9(8)12/h3,5,7H,4,6H2,1-2H3,(H,13,16). The number of carbonyl (C=O) groups is 2. The molecule has 0 bridgehead atoms. The van der Waals surface area contributed by atoms with E-state index in [1.165, 1.54) is 17.3 Å². The molecular formula is C11H14ClN3O2. The van der Waals surface area contributed by atoms with E-state index in [4.69, 9.17) is 11.6 Å². The molecule has 0 aliphatic carbocycles. The number of nitrogens with zero attached hydrogens (tertiary/aromatic N) is 2. The van der Waals surface area contributed by atoms with Gasteiger partial charge in [-0.25, -0.2) is 0 Å². The molecule has 1 heterocycles. The summed E-state index contributed by atoms with van der Waals surface area (Å²) in [5.74, 6) is -0.327. The molecule has 0 fully saturated rings. The fourth-order valence-corrected chi connectivity index (χ4v) is 1.45. The minimum Gasteiger partial charge on any atom is -0.359 e. The first-order valence-electron chi connectivity index (χ1n) is 5.11. The van der Waals surface area contributed by atoms with Crippen molar-refractivity contribution in [2.45, 2.75) is 6.42 Å². The van der Waals surface area contributed by atoms with Crippen molar-refractivity contribution in [3.63, 3.8) is 0 Å². The summed E-state index contributed by atoms with van der Waals surface area (Å²) in [4.78, 5) is 28.3. The number of rotatable bonds is 4. The van der Waals surface area contributed by atoms with E-state index in [0.717, 1.165) is 0 Å². The zero-order valence-electron chi connectivity index (χ0n) is 9.74. The summed E-state index contributed by atoms with van der Waals surface area (Å²) in [5, 5.41) is 2.81. The number of hydrogen-bond donors (Lipinski definition) is 1. The predicted octanol–water partition coefficient (Wildman–Crippen LogP) is 0.943. The Kier molecular flexibility index (Phi) is 4.90. The van der Waals surface area contributed by atoms with Gasteiger partial charge in [0, 0.05) is 39.5 Å². The molecule has 5 nitrogen and oxygen atoms in total. The highest BCUT2D eigenvalue weighted by atomic mass is 35.5. The zero-order chi connectivity index (χ0) is 12.8. The van der Waals surface area contributed by atoms with Crippen LogP contribution in [0, 0.1) is 0 Å². The number of pyridine rings is 1. The van der Waals surface area contributed by atoms with Crippen LogP contribution in [0.4, 0.5) is 0 Å². The van der Waals surface area contributed by atoms with Crippen LogP contribution in [0.2, 0.25) is 5.02 Å². The molecule has 0 unspecified atom stereocenters. The van der Waals surface area contributed by atoms with Crippen molar-refractivity contribution in [3.05, 3.63) is 29.0 Å². The van der Waals surface area contributed by atoms with E-state index in [1.807, 2.05) is 0 Å². The summed E-state index contributed by atoms with van der Waals surface area (Å²) < 4.78 is 0. The molecule has 0 aliphatic rings. The molecule has 0 aromatic carbocycles. The first kappa shape index (κ1) is 13.4. The van der Waals surface area contributed by atoms with Gasteiger partial charge in [0.1, 0.15) is 0 Å². The van der Waals surface area contributed by atoms with Gasteiger partial charge in [-0.15, -0.1) is 0 Å². The molecule has 1 N–H and O–H groups in total. The molecule has 0 aliphatic heterocycles. The quantitative estimate of drug-likeness (QED) is 0.871. The zero-order valence-corrected chi connectivity index (χ0v) is 10.5. The number of carbonyl (C=O) groups excluding carboxylic acids is 2. The Morgan fingerprint density at radius 1 is 1.53 bits per heavy atom. The number of amides is 2. The van der Waals surface area contributed by atoms with Gasteiger partial charge in [0.05, 0.1) is 10.6 Å². The van der Waals surface area contributed by atoms with Gasteiger partial charge in [0.15, 0.2) is 0 Å². The smallest absolute Gasteiger partial charge is 0.255 e. The summed E-state index contributed by atoms with van der Waals surface area (Å²) in [6, 6.07) is 1.56. The number of halogens is 1. The third-order valence-corrected chi connectivity index (χ3v) is 2.60. The second-order valence-corrected chi connectivity index (χ2v) is 3.91. The van der Waals surface area contributed by atoms with Gasteiger partial charge in [-0.1, -0.05) is 11.6 Å². The molecule has 1 rings (SSSR count). The molecule has 0 spiro atoms. The van der Waals surface area contributed by atoms with Gasteiger partial charge in [0.25, 0.3) is 5.91 Å². The summed E-state index contributed by atoms with van der Waals surface area (Å²) in [5.41, 5.74) is 0.390. The van der Waals surface area contributed by atoms with Gasteiger partial charge >= 0.3 is 0 Å². The van der Waals surface area contributed by atoms with Gasteiger partial charge in [-0.2, -0.15) is 0 Å². The molecule has 92 valence electrons. The Morgan fingerprint density at radius 2 is 2.24 bits per heavy atom. The summed E-state index contributed by atoms with van der Waals surface area (Å²) >= 11 is 5.86. The lowest BCUT2D eigenvalue weighted by atomic mass is 10.2. The lowest BCUT2D eigenvalue weighted by Gasteiger charge is -2.17. The maximum atomic E-state index is 11.9. The van der Waals surface area contributed by atoms with E-state index in [9.17, 15) is 9.59 Å². The average Bonchev–Trinajstić information content (AvgIpc) is 2.35. The van der Waals surface area contributed by atoms with Crippen LogP contribution in [0.3, 0.4) is 0 Å². The molecule has 1 aromatic rings. The lowest BCUT2D eigenvalue weighted by molar-refractivity contribution is -0.120. The third-order valence-electron chi connectivity index (χ3n) is 2.30. The Balaban J connectivity index is 2.64. The van der Waals surface area contributed by atoms with E-state index in [2.05, 4.69) is 10.3 Å². The summed E-state index contributed by atoms with van der Waals surface area (Å²) in [7, 11) is 3.19. The van der Waals surface area contributed by atoms with Crippen LogP contribution in [0.25, 0.3) is 0 Å². The SMILES string of the molecule is CNC(=O)CCN(C)C(=O)c1ccncc1Cl. The van der Waals surface area contributed by atoms with Crippen LogP contribution < -0.4 is 5.32 Å². The fourth-order valence-electron chi connectivity index (χ4n) is 1.25. The van der Waals surface area contributed by atoms with Crippen LogP contribution >= 0.6 is 11.6 Å². The van der Waals surface area contributed by atoms with E-state index in [-0.39, 0.29) is 18.2 Å². The number of nitrogens with one attached hydrogen (secondary N) is 1. The van der Waals surface area contributed by atoms with Crippen LogP contribution in [-0.4, -0.2) is 42.3 Å². The monoisotopic (exact) mass is 255 g/mol. The number of hydrogen-bond acceptors (Lipinski definition) is 3. The van der Waals surface area contributed by atoms with Crippen molar-refractivity contribution < 1.29 is 9.59 Å². The molecule has 0 atom stereocenters. The largest absolute Gasteiger partial charge is 0.359 e. The van der Waals surface area contributed by atoms with Crippen molar-refractivity contribution >= 4 is 23.4 Å². The Hall–Kier alpha value is -1.62. The van der Waals surface area contributed by atoms with E-state index in [0.29, 0.717) is 17.1 Å². The van der Waals surface area contributed by atoms with Gasteiger partial charge in [-0.05, 0) is 6.07 Å². The minimum atomic E-state index is -0.221. The molecule has 6 heteroatoms. The topological polar surface area (TPSA) is 62.3 Å². The molecule has 2 amide bonds. The maximum Gasteiger partial charge on any atom is 0.255 e. The second kappa shape index (κ2) is 6.20. The van der Waals surface area contributed by atoms with Gasteiger partial charge in [-0.3, -0.25) is 14.6 Å². The average molecular weight is 256 g/mol. The highest BCUT2D eigenvalue weighted by Gasteiger charge is 2.15. The molecule has 1 aromatic heterocycles. The minimum absolute atomic E-state index is 0.106. The van der Waals surface area contributed by atoms with Gasteiger partial charge < -0.3 is 10.2 Å². The van der Waals surface area contributed by atoms with Crippen molar-refractivity contribution in [2.24, 2.45) is 0 Å². The number of aromatic nitrogens is 1. The van der Waals surface area contributed by atoms with Crippen molar-refractivity contribution in [1.82, 2.24) is 15.2 Å². The summed E-state index contributed by atoms with van der Waals surface area (Å²) in [6.07, 6.45) is 3.19. The highest BCUT2D eigenvalue weighted by molar-refractivity contribution is 6.33. The Bertz CT molecular complexity index is 423. The van der Waals surface area contributed by atoms with Crippen molar-refractivity contribution in [1.29, 1.82) is 0 Å². The van der Waals surface area contributed by atoms with Crippen LogP contribution in [0.5, 0.6) is 0 Å². The lowest BCUT2D eigenvalue weighted by Crippen LogP contribution is -2.31. The van der Waals surface area contributed by atoms with Crippen molar-refractivity contribution in [2.75, 3.05) is 20.6 Å². The Labute approximate surface area is 105 Å². The molecule has 0 saturated carbocycles. The normalized spacial score (nSPS) is 9.82. The molecule has 17 heavy (non-hydrogen) atoms. The predicted molar refractivity (Wildman–Crippen MR) is 64.9 cm³/mol. The van der Waals surface area contributed by atoms with E-state index < -0.39 is 0 Å². The summed E-state index contributed by atoms with van der Waals surface area (Å²) in [6.45, 7) is 0.344. The van der Waals surface area contributed by atoms with Gasteiger partial charge in [0.2, 0.25) is 5.91 Å². The molecule has 0 radical (unpaired) electrons. The van der Waals surface area contributed by atoms with Crippen LogP contribution in [0.15, 0.2) is 18.5 Å². The first-order chi connectivity index (χ1) is 8.06. The van der Waals surface area contributed by atoms with Crippen molar-refractivity contribution in [3.8, 4) is 0 Å². The van der Waals surface area contributed by atoms with E-state index >= 15 is 0 Å². The Morgan fingerprint density at radius 3 is 2.82 bits per heavy atom. The maximum absolute atomic E-state index is 11.9. The molecular weight excluding hydrogens is 242 g/mol. The third kappa shape index (κ3) is 3.71. The van der Waals surface area contributed by atoms with E-state index in [1.54, 1.807) is 20.2 Å². The second-order valence-electron chi connectivity index (χ2n) is 3.51. The molecule has 0 saturated heterocycles. The highest BCUT2D eigenvalue weighted by Crippen LogP contribution is 2.15. The first-order valence-corrected chi connectivity index (χ1v) is 5.49. The fraction of sp³-hybridized carbons (Fsp3) is 0.364.